The summed E-state index contributed by atoms with van der Waals surface area (Å²) in [5, 5.41) is 4.13. The van der Waals surface area contributed by atoms with E-state index in [0.29, 0.717) is 17.5 Å². The third-order valence-electron chi connectivity index (χ3n) is 4.58. The summed E-state index contributed by atoms with van der Waals surface area (Å²) in [5.41, 5.74) is 2.09. The maximum atomic E-state index is 12.4. The maximum absolute atomic E-state index is 12.4. The van der Waals surface area contributed by atoms with Gasteiger partial charge in [-0.05, 0) is 36.2 Å². The highest BCUT2D eigenvalue weighted by molar-refractivity contribution is 6.30. The van der Waals surface area contributed by atoms with E-state index in [-0.39, 0.29) is 30.6 Å². The molecule has 2 aromatic carbocycles. The fourth-order valence-electron chi connectivity index (χ4n) is 3.21. The van der Waals surface area contributed by atoms with E-state index in [9.17, 15) is 4.79 Å². The number of hydrogen-bond acceptors (Lipinski definition) is 3. The van der Waals surface area contributed by atoms with Crippen LogP contribution in [0.15, 0.2) is 54.6 Å². The molecule has 1 saturated heterocycles. The minimum absolute atomic E-state index is 0. The Morgan fingerprint density at radius 3 is 2.46 bits per heavy atom. The van der Waals surface area contributed by atoms with Gasteiger partial charge in [-0.3, -0.25) is 9.69 Å². The molecule has 1 aliphatic rings. The highest BCUT2D eigenvalue weighted by Crippen LogP contribution is 2.14. The Balaban J connectivity index is 0.00000169. The van der Waals surface area contributed by atoms with Gasteiger partial charge < -0.3 is 5.32 Å². The zero-order chi connectivity index (χ0) is 16.8. The van der Waals surface area contributed by atoms with Gasteiger partial charge in [0.05, 0.1) is 0 Å². The molecule has 0 aliphatic carbocycles. The number of nitrogens with zero attached hydrogens (tertiary/aromatic N) is 1. The second kappa shape index (κ2) is 11.6. The summed E-state index contributed by atoms with van der Waals surface area (Å²) in [7, 11) is 0. The fraction of sp³-hybridized carbons (Fsp3) is 0.350. The third kappa shape index (κ3) is 6.57. The van der Waals surface area contributed by atoms with Crippen LogP contribution in [0.5, 0.6) is 0 Å². The van der Waals surface area contributed by atoms with E-state index < -0.39 is 0 Å². The quantitative estimate of drug-likeness (QED) is 0.715. The molecule has 1 heterocycles. The molecule has 0 saturated carbocycles. The molecular formula is C20H25Cl3N2O. The van der Waals surface area contributed by atoms with E-state index in [1.54, 1.807) is 12.1 Å². The second-order valence-corrected chi connectivity index (χ2v) is 6.70. The van der Waals surface area contributed by atoms with Crippen molar-refractivity contribution < 1.29 is 4.79 Å². The molecule has 1 N–H and O–H groups in total. The van der Waals surface area contributed by atoms with Crippen molar-refractivity contribution in [3.05, 3.63) is 70.7 Å². The van der Waals surface area contributed by atoms with E-state index in [0.717, 1.165) is 38.2 Å². The summed E-state index contributed by atoms with van der Waals surface area (Å²) in [4.78, 5) is 14.8. The van der Waals surface area contributed by atoms with Crippen molar-refractivity contribution in [2.75, 3.05) is 26.2 Å². The Morgan fingerprint density at radius 1 is 1.08 bits per heavy atom. The fourth-order valence-corrected chi connectivity index (χ4v) is 3.34. The highest BCUT2D eigenvalue weighted by Gasteiger charge is 2.22. The lowest BCUT2D eigenvalue weighted by molar-refractivity contribution is 0.0935. The number of rotatable bonds is 6. The number of piperazine rings is 1. The molecule has 26 heavy (non-hydrogen) atoms. The molecule has 1 unspecified atom stereocenters. The largest absolute Gasteiger partial charge is 0.314 e. The van der Waals surface area contributed by atoms with Crippen LogP contribution in [0, 0.1) is 0 Å². The van der Waals surface area contributed by atoms with Crippen molar-refractivity contribution in [1.29, 1.82) is 0 Å². The van der Waals surface area contributed by atoms with E-state index in [1.165, 1.54) is 5.56 Å². The number of carbonyl (C=O) groups excluding carboxylic acids is 1. The average molecular weight is 416 g/mol. The number of halogens is 3. The molecule has 142 valence electrons. The maximum Gasteiger partial charge on any atom is 0.164 e. The predicted molar refractivity (Wildman–Crippen MR) is 113 cm³/mol. The molecule has 6 heteroatoms. The van der Waals surface area contributed by atoms with Crippen LogP contribution >= 0.6 is 36.4 Å². The molecule has 0 aromatic heterocycles. The van der Waals surface area contributed by atoms with E-state index in [1.807, 2.05) is 18.2 Å². The lowest BCUT2D eigenvalue weighted by Crippen LogP contribution is -2.52. The van der Waals surface area contributed by atoms with Gasteiger partial charge in [0.15, 0.2) is 5.78 Å². The Hall–Kier alpha value is -1.10. The number of nitrogens with one attached hydrogen (secondary N) is 1. The van der Waals surface area contributed by atoms with E-state index in [2.05, 4.69) is 34.5 Å². The molecule has 2 aromatic rings. The summed E-state index contributed by atoms with van der Waals surface area (Å²) in [6.07, 6.45) is 1.57. The Kier molecular flexibility index (Phi) is 10.2. The molecule has 1 aliphatic heterocycles. The van der Waals surface area contributed by atoms with Crippen LogP contribution in [-0.2, 0) is 6.42 Å². The second-order valence-electron chi connectivity index (χ2n) is 6.26. The lowest BCUT2D eigenvalue weighted by atomic mass is 10.0. The molecule has 0 spiro atoms. The van der Waals surface area contributed by atoms with Crippen molar-refractivity contribution in [3.63, 3.8) is 0 Å². The van der Waals surface area contributed by atoms with Gasteiger partial charge in [0, 0.05) is 49.2 Å². The number of benzene rings is 2. The van der Waals surface area contributed by atoms with Crippen LogP contribution in [0.2, 0.25) is 5.02 Å². The molecule has 1 atom stereocenters. The van der Waals surface area contributed by atoms with Gasteiger partial charge in [0.2, 0.25) is 0 Å². The van der Waals surface area contributed by atoms with Crippen molar-refractivity contribution >= 4 is 42.2 Å². The van der Waals surface area contributed by atoms with E-state index in [4.69, 9.17) is 11.6 Å². The average Bonchev–Trinajstić information content (AvgIpc) is 2.62. The van der Waals surface area contributed by atoms with Crippen LogP contribution in [0.3, 0.4) is 0 Å². The van der Waals surface area contributed by atoms with Crippen LogP contribution in [-0.4, -0.2) is 42.9 Å². The Labute approximate surface area is 172 Å². The van der Waals surface area contributed by atoms with Gasteiger partial charge in [-0.25, -0.2) is 0 Å². The van der Waals surface area contributed by atoms with Crippen molar-refractivity contribution in [2.45, 2.75) is 18.9 Å². The normalized spacial score (nSPS) is 17.0. The zero-order valence-electron chi connectivity index (χ0n) is 14.6. The van der Waals surface area contributed by atoms with Gasteiger partial charge >= 0.3 is 0 Å². The van der Waals surface area contributed by atoms with E-state index >= 15 is 0 Å². The van der Waals surface area contributed by atoms with Crippen molar-refractivity contribution in [3.8, 4) is 0 Å². The standard InChI is InChI=1S/C20H23ClN2O.2ClH/c21-18-8-6-17(7-9-18)20(24)10-12-23-13-11-22-15-19(23)14-16-4-2-1-3-5-16;;/h1-9,19,22H,10-15H2;2*1H. The van der Waals surface area contributed by atoms with Crippen LogP contribution in [0.25, 0.3) is 0 Å². The lowest BCUT2D eigenvalue weighted by Gasteiger charge is -2.36. The van der Waals surface area contributed by atoms with Gasteiger partial charge in [0.1, 0.15) is 0 Å². The predicted octanol–water partition coefficient (Wildman–Crippen LogP) is 4.27. The topological polar surface area (TPSA) is 32.3 Å². The molecule has 3 rings (SSSR count). The van der Waals surface area contributed by atoms with Crippen molar-refractivity contribution in [1.82, 2.24) is 10.2 Å². The Bertz CT molecular complexity index is 665. The molecule has 3 nitrogen and oxygen atoms in total. The first kappa shape index (κ1) is 22.9. The molecule has 0 bridgehead atoms. The van der Waals surface area contributed by atoms with Crippen LogP contribution < -0.4 is 5.32 Å². The molecule has 0 radical (unpaired) electrons. The van der Waals surface area contributed by atoms with Gasteiger partial charge in [-0.2, -0.15) is 0 Å². The number of ketones is 1. The summed E-state index contributed by atoms with van der Waals surface area (Å²) in [6, 6.07) is 18.2. The molecule has 1 fully saturated rings. The third-order valence-corrected chi connectivity index (χ3v) is 4.83. The summed E-state index contributed by atoms with van der Waals surface area (Å²) < 4.78 is 0. The first-order chi connectivity index (χ1) is 11.7. The molecular weight excluding hydrogens is 391 g/mol. The monoisotopic (exact) mass is 414 g/mol. The van der Waals surface area contributed by atoms with Crippen molar-refractivity contribution in [2.24, 2.45) is 0 Å². The number of Topliss-reactive ketones (excluding diaryl/α,β-unsaturated/α-hetero) is 1. The van der Waals surface area contributed by atoms with Crippen LogP contribution in [0.4, 0.5) is 0 Å². The first-order valence-electron chi connectivity index (χ1n) is 8.50. The van der Waals surface area contributed by atoms with Gasteiger partial charge in [-0.1, -0.05) is 41.9 Å². The SMILES string of the molecule is Cl.Cl.O=C(CCN1CCNCC1Cc1ccccc1)c1ccc(Cl)cc1. The van der Waals surface area contributed by atoms with Gasteiger partial charge in [-0.15, -0.1) is 24.8 Å². The molecule has 0 amide bonds. The van der Waals surface area contributed by atoms with Gasteiger partial charge in [0.25, 0.3) is 0 Å². The summed E-state index contributed by atoms with van der Waals surface area (Å²) >= 11 is 5.88. The highest BCUT2D eigenvalue weighted by atomic mass is 35.5. The summed E-state index contributed by atoms with van der Waals surface area (Å²) in [6.45, 7) is 3.76. The first-order valence-corrected chi connectivity index (χ1v) is 8.87. The smallest absolute Gasteiger partial charge is 0.164 e. The van der Waals surface area contributed by atoms with Crippen LogP contribution in [0.1, 0.15) is 22.3 Å². The number of hydrogen-bond donors (Lipinski definition) is 1. The number of carbonyl (C=O) groups is 1. The Morgan fingerprint density at radius 2 is 1.77 bits per heavy atom. The minimum Gasteiger partial charge on any atom is -0.314 e. The zero-order valence-corrected chi connectivity index (χ0v) is 17.0. The minimum atomic E-state index is 0. The summed E-state index contributed by atoms with van der Waals surface area (Å²) in [5.74, 6) is 0.184.